The van der Waals surface area contributed by atoms with Gasteiger partial charge in [0.15, 0.2) is 0 Å². The van der Waals surface area contributed by atoms with Crippen LogP contribution in [0.1, 0.15) is 67.2 Å². The monoisotopic (exact) mass is 470 g/mol. The summed E-state index contributed by atoms with van der Waals surface area (Å²) in [6, 6.07) is 1.75. The predicted octanol–water partition coefficient (Wildman–Crippen LogP) is 3.55. The zero-order valence-electron chi connectivity index (χ0n) is 20.5. The Kier molecular flexibility index (Phi) is 24.0. The topological polar surface area (TPSA) is 107 Å². The van der Waals surface area contributed by atoms with Crippen LogP contribution in [0.3, 0.4) is 0 Å². The quantitative estimate of drug-likeness (QED) is 0.205. The minimum atomic E-state index is -2.39. The van der Waals surface area contributed by atoms with Crippen LogP contribution in [0.4, 0.5) is 0 Å². The fourth-order valence-corrected chi connectivity index (χ4v) is 8.35. The molecule has 4 N–H and O–H groups in total. The lowest BCUT2D eigenvalue weighted by molar-refractivity contribution is 0.0699. The van der Waals surface area contributed by atoms with Gasteiger partial charge in [0, 0.05) is 51.7 Å². The Balaban J connectivity index is 0. The molecule has 0 saturated heterocycles. The molecular formula is C20H50N2O6Si2. The SMILES string of the molecule is CCO[Si](CCCCN)(OCC)OCC.CCO[Si](CCCCN)(OCC)OCC. The van der Waals surface area contributed by atoms with Crippen LogP contribution in [0.2, 0.25) is 12.1 Å². The molecule has 0 aromatic heterocycles. The van der Waals surface area contributed by atoms with E-state index in [4.69, 9.17) is 38.0 Å². The van der Waals surface area contributed by atoms with Crippen LogP contribution in [0.25, 0.3) is 0 Å². The average Bonchev–Trinajstić information content (AvgIpc) is 2.70. The highest BCUT2D eigenvalue weighted by Gasteiger charge is 2.40. The molecule has 0 aliphatic rings. The molecule has 10 heteroatoms. The molecule has 0 aliphatic heterocycles. The van der Waals surface area contributed by atoms with Crippen LogP contribution in [-0.4, -0.2) is 70.3 Å². The average molecular weight is 471 g/mol. The van der Waals surface area contributed by atoms with Gasteiger partial charge in [-0.05, 0) is 80.3 Å². The fraction of sp³-hybridized carbons (Fsp3) is 1.00. The van der Waals surface area contributed by atoms with Crippen molar-refractivity contribution in [3.05, 3.63) is 0 Å². The van der Waals surface area contributed by atoms with Gasteiger partial charge in [0.05, 0.1) is 0 Å². The molecule has 0 fully saturated rings. The molecule has 0 unspecified atom stereocenters. The van der Waals surface area contributed by atoms with Crippen LogP contribution in [0.15, 0.2) is 0 Å². The second-order valence-corrected chi connectivity index (χ2v) is 11.9. The molecule has 0 aliphatic carbocycles. The van der Waals surface area contributed by atoms with Gasteiger partial charge in [0.2, 0.25) is 0 Å². The van der Waals surface area contributed by atoms with Gasteiger partial charge in [-0.3, -0.25) is 0 Å². The largest absolute Gasteiger partial charge is 0.500 e. The first-order chi connectivity index (χ1) is 14.5. The summed E-state index contributed by atoms with van der Waals surface area (Å²) in [6.07, 6.45) is 4.04. The maximum atomic E-state index is 5.71. The van der Waals surface area contributed by atoms with Crippen molar-refractivity contribution in [3.8, 4) is 0 Å². The molecule has 0 spiro atoms. The molecule has 0 heterocycles. The van der Waals surface area contributed by atoms with E-state index in [1.807, 2.05) is 41.5 Å². The van der Waals surface area contributed by atoms with E-state index in [2.05, 4.69) is 0 Å². The van der Waals surface area contributed by atoms with Crippen molar-refractivity contribution in [1.29, 1.82) is 0 Å². The number of hydrogen-bond acceptors (Lipinski definition) is 8. The zero-order valence-corrected chi connectivity index (χ0v) is 22.5. The first-order valence-corrected chi connectivity index (χ1v) is 15.6. The van der Waals surface area contributed by atoms with Crippen molar-refractivity contribution in [2.24, 2.45) is 11.5 Å². The molecule has 0 aromatic rings. The third-order valence-corrected chi connectivity index (χ3v) is 10.4. The van der Waals surface area contributed by atoms with E-state index in [1.165, 1.54) is 0 Å². The molecule has 30 heavy (non-hydrogen) atoms. The zero-order chi connectivity index (χ0) is 23.1. The molecule has 0 radical (unpaired) electrons. The van der Waals surface area contributed by atoms with Crippen LogP contribution >= 0.6 is 0 Å². The Morgan fingerprint density at radius 2 is 0.667 bits per heavy atom. The fourth-order valence-electron chi connectivity index (χ4n) is 2.97. The lowest BCUT2D eigenvalue weighted by Crippen LogP contribution is -2.45. The lowest BCUT2D eigenvalue weighted by atomic mass is 10.3. The minimum absolute atomic E-state index is 0.648. The highest BCUT2D eigenvalue weighted by Crippen LogP contribution is 2.19. The molecular weight excluding hydrogens is 420 g/mol. The summed E-state index contributed by atoms with van der Waals surface area (Å²) in [4.78, 5) is 0. The van der Waals surface area contributed by atoms with Crippen LogP contribution in [0, 0.1) is 0 Å². The van der Waals surface area contributed by atoms with Crippen molar-refractivity contribution >= 4 is 17.6 Å². The maximum Gasteiger partial charge on any atom is 0.500 e. The molecule has 0 bridgehead atoms. The van der Waals surface area contributed by atoms with E-state index in [9.17, 15) is 0 Å². The summed E-state index contributed by atoms with van der Waals surface area (Å²) in [7, 11) is -4.78. The van der Waals surface area contributed by atoms with Gasteiger partial charge < -0.3 is 38.0 Å². The summed E-state index contributed by atoms with van der Waals surface area (Å²) in [5.74, 6) is 0. The van der Waals surface area contributed by atoms with Gasteiger partial charge >= 0.3 is 17.6 Å². The number of hydrogen-bond donors (Lipinski definition) is 2. The van der Waals surface area contributed by atoms with Gasteiger partial charge in [0.25, 0.3) is 0 Å². The van der Waals surface area contributed by atoms with Crippen molar-refractivity contribution in [3.63, 3.8) is 0 Å². The number of unbranched alkanes of at least 4 members (excludes halogenated alkanes) is 2. The number of rotatable bonds is 20. The first-order valence-electron chi connectivity index (χ1n) is 11.7. The van der Waals surface area contributed by atoms with Gasteiger partial charge in [-0.2, -0.15) is 0 Å². The molecule has 0 amide bonds. The Bertz CT molecular complexity index is 291. The molecule has 184 valence electrons. The summed E-state index contributed by atoms with van der Waals surface area (Å²) < 4.78 is 34.3. The van der Waals surface area contributed by atoms with E-state index in [-0.39, 0.29) is 0 Å². The summed E-state index contributed by atoms with van der Waals surface area (Å²) in [5.41, 5.74) is 10.9. The number of nitrogens with two attached hydrogens (primary N) is 2. The van der Waals surface area contributed by atoms with E-state index in [1.54, 1.807) is 0 Å². The predicted molar refractivity (Wildman–Crippen MR) is 127 cm³/mol. The molecule has 0 aromatic carbocycles. The molecule has 0 atom stereocenters. The minimum Gasteiger partial charge on any atom is -0.374 e. The Labute approximate surface area is 188 Å². The standard InChI is InChI=1S/2C10H25NO3Si/c2*1-4-12-15(13-5-2,14-6-3)10-8-7-9-11/h2*4-11H2,1-3H3. The third kappa shape index (κ3) is 15.8. The van der Waals surface area contributed by atoms with Gasteiger partial charge in [-0.15, -0.1) is 0 Å². The van der Waals surface area contributed by atoms with Gasteiger partial charge in [-0.25, -0.2) is 0 Å². The second kappa shape index (κ2) is 22.3. The normalized spacial score (nSPS) is 12.0. The highest BCUT2D eigenvalue weighted by atomic mass is 28.4. The third-order valence-electron chi connectivity index (χ3n) is 4.06. The maximum absolute atomic E-state index is 5.71. The van der Waals surface area contributed by atoms with E-state index in [0.717, 1.165) is 50.9 Å². The van der Waals surface area contributed by atoms with Crippen molar-refractivity contribution in [1.82, 2.24) is 0 Å². The van der Waals surface area contributed by atoms with E-state index in [0.29, 0.717) is 39.6 Å². The van der Waals surface area contributed by atoms with Crippen LogP contribution in [0.5, 0.6) is 0 Å². The molecule has 8 nitrogen and oxygen atoms in total. The van der Waals surface area contributed by atoms with Crippen LogP contribution in [-0.2, 0) is 26.6 Å². The first kappa shape index (κ1) is 32.3. The smallest absolute Gasteiger partial charge is 0.374 e. The Hall–Kier alpha value is 0.114. The van der Waals surface area contributed by atoms with Crippen molar-refractivity contribution in [2.75, 3.05) is 52.7 Å². The van der Waals surface area contributed by atoms with Gasteiger partial charge in [-0.1, -0.05) is 0 Å². The summed E-state index contributed by atoms with van der Waals surface area (Å²) >= 11 is 0. The molecule has 0 saturated carbocycles. The van der Waals surface area contributed by atoms with Crippen molar-refractivity contribution < 1.29 is 26.6 Å². The van der Waals surface area contributed by atoms with E-state index < -0.39 is 17.6 Å². The van der Waals surface area contributed by atoms with Gasteiger partial charge in [0.1, 0.15) is 0 Å². The van der Waals surface area contributed by atoms with Crippen LogP contribution < -0.4 is 11.5 Å². The van der Waals surface area contributed by atoms with E-state index >= 15 is 0 Å². The summed E-state index contributed by atoms with van der Waals surface area (Å²) in [5, 5.41) is 0. The Morgan fingerprint density at radius 3 is 0.833 bits per heavy atom. The summed E-state index contributed by atoms with van der Waals surface area (Å²) in [6.45, 7) is 17.2. The van der Waals surface area contributed by atoms with Crippen molar-refractivity contribution in [2.45, 2.75) is 79.3 Å². The highest BCUT2D eigenvalue weighted by molar-refractivity contribution is 6.61. The molecule has 0 rings (SSSR count). The second-order valence-electron chi connectivity index (χ2n) is 6.46. The lowest BCUT2D eigenvalue weighted by Gasteiger charge is -2.28. The Morgan fingerprint density at radius 1 is 0.433 bits per heavy atom.